The molecular formula is C13H14ClFN2O2S2. The molecule has 0 radical (unpaired) electrons. The van der Waals surface area contributed by atoms with Crippen molar-refractivity contribution in [3.8, 4) is 0 Å². The lowest BCUT2D eigenvalue weighted by Gasteiger charge is -2.08. The van der Waals surface area contributed by atoms with Crippen molar-refractivity contribution < 1.29 is 12.8 Å². The predicted molar refractivity (Wildman–Crippen MR) is 82.5 cm³/mol. The molecule has 0 aliphatic carbocycles. The fourth-order valence-corrected chi connectivity index (χ4v) is 4.00. The summed E-state index contributed by atoms with van der Waals surface area (Å²) in [6.45, 7) is 0.321. The maximum atomic E-state index is 13.7. The van der Waals surface area contributed by atoms with Crippen molar-refractivity contribution in [1.82, 2.24) is 4.72 Å². The monoisotopic (exact) mass is 348 g/mol. The van der Waals surface area contributed by atoms with E-state index in [4.69, 9.17) is 17.3 Å². The fraction of sp³-hybridized carbons (Fsp3) is 0.231. The van der Waals surface area contributed by atoms with E-state index in [1.807, 2.05) is 6.07 Å². The Labute approximate surface area is 131 Å². The number of halogens is 2. The third kappa shape index (κ3) is 4.24. The van der Waals surface area contributed by atoms with Crippen LogP contribution in [0.25, 0.3) is 0 Å². The number of rotatable bonds is 6. The highest BCUT2D eigenvalue weighted by Crippen LogP contribution is 2.22. The average Bonchev–Trinajstić information content (AvgIpc) is 2.84. The third-order valence-electron chi connectivity index (χ3n) is 2.81. The lowest BCUT2D eigenvalue weighted by molar-refractivity contribution is 0.556. The van der Waals surface area contributed by atoms with E-state index >= 15 is 0 Å². The third-order valence-corrected chi connectivity index (χ3v) is 5.58. The number of nitrogens with one attached hydrogen (secondary N) is 1. The van der Waals surface area contributed by atoms with Crippen molar-refractivity contribution >= 4 is 33.0 Å². The molecule has 21 heavy (non-hydrogen) atoms. The summed E-state index contributed by atoms with van der Waals surface area (Å²) in [4.78, 5) is 0.577. The van der Waals surface area contributed by atoms with Crippen LogP contribution in [0.3, 0.4) is 0 Å². The molecule has 0 spiro atoms. The van der Waals surface area contributed by atoms with Crippen molar-refractivity contribution in [3.05, 3.63) is 50.9 Å². The molecule has 0 aliphatic heterocycles. The Balaban J connectivity index is 2.07. The van der Waals surface area contributed by atoms with Gasteiger partial charge in [-0.05, 0) is 36.2 Å². The summed E-state index contributed by atoms with van der Waals surface area (Å²) in [7, 11) is -3.90. The van der Waals surface area contributed by atoms with Gasteiger partial charge < -0.3 is 5.73 Å². The van der Waals surface area contributed by atoms with Crippen LogP contribution < -0.4 is 10.5 Å². The second kappa shape index (κ2) is 6.85. The van der Waals surface area contributed by atoms with Crippen molar-refractivity contribution in [3.63, 3.8) is 0 Å². The summed E-state index contributed by atoms with van der Waals surface area (Å²) >= 11 is 7.18. The number of hydrogen-bond donors (Lipinski definition) is 2. The molecule has 2 rings (SSSR count). The molecule has 0 fully saturated rings. The maximum Gasteiger partial charge on any atom is 0.243 e. The molecule has 114 valence electrons. The summed E-state index contributed by atoms with van der Waals surface area (Å²) in [5, 5.41) is 0. The first-order valence-electron chi connectivity index (χ1n) is 6.15. The van der Waals surface area contributed by atoms with Gasteiger partial charge in [0.2, 0.25) is 10.0 Å². The first kappa shape index (κ1) is 16.4. The van der Waals surface area contributed by atoms with Crippen LogP contribution in [0, 0.1) is 5.82 Å². The molecular weight excluding hydrogens is 335 g/mol. The van der Waals surface area contributed by atoms with E-state index in [0.29, 0.717) is 16.3 Å². The molecule has 1 heterocycles. The van der Waals surface area contributed by atoms with Crippen molar-refractivity contribution in [1.29, 1.82) is 0 Å². The van der Waals surface area contributed by atoms with Crippen LogP contribution in [0.4, 0.5) is 4.39 Å². The molecule has 1 aromatic carbocycles. The van der Waals surface area contributed by atoms with E-state index in [2.05, 4.69) is 4.72 Å². The molecule has 0 unspecified atom stereocenters. The van der Waals surface area contributed by atoms with E-state index in [-0.39, 0.29) is 18.0 Å². The molecule has 4 nitrogen and oxygen atoms in total. The molecule has 3 N–H and O–H groups in total. The Kier molecular flexibility index (Phi) is 5.34. The minimum Gasteiger partial charge on any atom is -0.326 e. The molecule has 1 aromatic heterocycles. The van der Waals surface area contributed by atoms with Crippen LogP contribution in [0.5, 0.6) is 0 Å². The van der Waals surface area contributed by atoms with Gasteiger partial charge in [0.05, 0.1) is 4.34 Å². The van der Waals surface area contributed by atoms with Gasteiger partial charge in [0.25, 0.3) is 0 Å². The van der Waals surface area contributed by atoms with Crippen LogP contribution in [-0.4, -0.2) is 15.0 Å². The smallest absolute Gasteiger partial charge is 0.243 e. The zero-order chi connectivity index (χ0) is 15.5. The second-order valence-corrected chi connectivity index (χ2v) is 7.86. The van der Waals surface area contributed by atoms with Crippen molar-refractivity contribution in [2.75, 3.05) is 6.54 Å². The summed E-state index contributed by atoms with van der Waals surface area (Å²) in [6.07, 6.45) is 0.495. The molecule has 0 saturated carbocycles. The maximum absolute atomic E-state index is 13.7. The number of benzene rings is 1. The minimum absolute atomic E-state index is 0.149. The SMILES string of the molecule is NCc1ccc(F)c(S(=O)(=O)NCCc2ccc(Cl)s2)c1. The van der Waals surface area contributed by atoms with Gasteiger partial charge in [-0.3, -0.25) is 0 Å². The number of sulfonamides is 1. The molecule has 0 saturated heterocycles. The molecule has 0 atom stereocenters. The van der Waals surface area contributed by atoms with Gasteiger partial charge in [0.1, 0.15) is 10.7 Å². The Morgan fingerprint density at radius 1 is 1.29 bits per heavy atom. The molecule has 8 heteroatoms. The Bertz CT molecular complexity index is 732. The van der Waals surface area contributed by atoms with Gasteiger partial charge in [-0.1, -0.05) is 17.7 Å². The zero-order valence-electron chi connectivity index (χ0n) is 11.0. The topological polar surface area (TPSA) is 72.2 Å². The number of hydrogen-bond acceptors (Lipinski definition) is 4. The van der Waals surface area contributed by atoms with Gasteiger partial charge in [-0.25, -0.2) is 17.5 Å². The summed E-state index contributed by atoms with van der Waals surface area (Å²) in [5.74, 6) is -0.793. The van der Waals surface area contributed by atoms with Crippen LogP contribution in [0.15, 0.2) is 35.2 Å². The quantitative estimate of drug-likeness (QED) is 0.842. The second-order valence-electron chi connectivity index (χ2n) is 4.32. The number of nitrogens with two attached hydrogens (primary N) is 1. The Morgan fingerprint density at radius 3 is 2.67 bits per heavy atom. The van der Waals surface area contributed by atoms with Crippen molar-refractivity contribution in [2.45, 2.75) is 17.9 Å². The van der Waals surface area contributed by atoms with E-state index in [9.17, 15) is 12.8 Å². The minimum atomic E-state index is -3.90. The fourth-order valence-electron chi connectivity index (χ4n) is 1.75. The summed E-state index contributed by atoms with van der Waals surface area (Å²) in [5.41, 5.74) is 6.00. The van der Waals surface area contributed by atoms with Crippen LogP contribution in [0.1, 0.15) is 10.4 Å². The van der Waals surface area contributed by atoms with Crippen molar-refractivity contribution in [2.24, 2.45) is 5.73 Å². The van der Waals surface area contributed by atoms with Crippen LogP contribution in [-0.2, 0) is 23.0 Å². The highest BCUT2D eigenvalue weighted by Gasteiger charge is 2.19. The van der Waals surface area contributed by atoms with E-state index in [1.165, 1.54) is 23.5 Å². The summed E-state index contributed by atoms with van der Waals surface area (Å²) < 4.78 is 40.9. The zero-order valence-corrected chi connectivity index (χ0v) is 13.4. The Morgan fingerprint density at radius 2 is 2.05 bits per heavy atom. The molecule has 0 aliphatic rings. The van der Waals surface area contributed by atoms with E-state index < -0.39 is 15.8 Å². The summed E-state index contributed by atoms with van der Waals surface area (Å²) in [6, 6.07) is 7.40. The van der Waals surface area contributed by atoms with Gasteiger partial charge >= 0.3 is 0 Å². The standard InChI is InChI=1S/C13H14ClFN2O2S2/c14-13-4-2-10(20-13)5-6-17-21(18,19)12-7-9(8-16)1-3-11(12)15/h1-4,7,17H,5-6,8,16H2. The van der Waals surface area contributed by atoms with Crippen LogP contribution >= 0.6 is 22.9 Å². The predicted octanol–water partition coefficient (Wildman–Crippen LogP) is 2.52. The largest absolute Gasteiger partial charge is 0.326 e. The van der Waals surface area contributed by atoms with Gasteiger partial charge in [-0.15, -0.1) is 11.3 Å². The van der Waals surface area contributed by atoms with Crippen LogP contribution in [0.2, 0.25) is 4.34 Å². The van der Waals surface area contributed by atoms with E-state index in [1.54, 1.807) is 6.07 Å². The molecule has 0 amide bonds. The first-order valence-corrected chi connectivity index (χ1v) is 8.82. The van der Waals surface area contributed by atoms with Gasteiger partial charge in [-0.2, -0.15) is 0 Å². The highest BCUT2D eigenvalue weighted by molar-refractivity contribution is 7.89. The Hall–Kier alpha value is -0.990. The number of thiophene rings is 1. The normalized spacial score (nSPS) is 11.8. The lowest BCUT2D eigenvalue weighted by Crippen LogP contribution is -2.26. The molecule has 0 bridgehead atoms. The van der Waals surface area contributed by atoms with Gasteiger partial charge in [0, 0.05) is 18.0 Å². The average molecular weight is 349 g/mol. The van der Waals surface area contributed by atoms with E-state index in [0.717, 1.165) is 10.9 Å². The molecule has 2 aromatic rings. The highest BCUT2D eigenvalue weighted by atomic mass is 35.5. The first-order chi connectivity index (χ1) is 9.92. The van der Waals surface area contributed by atoms with Gasteiger partial charge in [0.15, 0.2) is 0 Å². The lowest BCUT2D eigenvalue weighted by atomic mass is 10.2.